The molecule has 2 rings (SSSR count). The van der Waals surface area contributed by atoms with Crippen molar-refractivity contribution in [1.29, 1.82) is 0 Å². The molecule has 100 valence electrons. The van der Waals surface area contributed by atoms with Crippen LogP contribution >= 0.6 is 0 Å². The lowest BCUT2D eigenvalue weighted by Crippen LogP contribution is -2.29. The number of alkyl halides is 2. The Bertz CT molecular complexity index is 711. The summed E-state index contributed by atoms with van der Waals surface area (Å²) in [5.74, 6) is -3.69. The van der Waals surface area contributed by atoms with E-state index in [4.69, 9.17) is 0 Å². The molecule has 1 N–H and O–H groups in total. The number of halogens is 3. The summed E-state index contributed by atoms with van der Waals surface area (Å²) in [4.78, 5) is 24.6. The SMILES string of the molecule is O=C([O-])c1c[nH]c2c(OC(F)F)c(F)ccc2c1=O. The number of carbonyl (C=O) groups is 1. The largest absolute Gasteiger partial charge is 0.545 e. The Morgan fingerprint density at radius 2 is 2.05 bits per heavy atom. The van der Waals surface area contributed by atoms with Gasteiger partial charge >= 0.3 is 6.61 Å². The summed E-state index contributed by atoms with van der Waals surface area (Å²) in [5.41, 5.74) is -2.02. The maximum Gasteiger partial charge on any atom is 0.387 e. The van der Waals surface area contributed by atoms with E-state index in [-0.39, 0.29) is 10.9 Å². The van der Waals surface area contributed by atoms with Crippen LogP contribution in [0.1, 0.15) is 10.4 Å². The second kappa shape index (κ2) is 4.63. The fourth-order valence-corrected chi connectivity index (χ4v) is 1.60. The van der Waals surface area contributed by atoms with Crippen molar-refractivity contribution in [3.8, 4) is 5.75 Å². The number of carbonyl (C=O) groups excluding carboxylic acids is 1. The number of aromatic amines is 1. The van der Waals surface area contributed by atoms with Gasteiger partial charge in [-0.05, 0) is 12.1 Å². The molecule has 0 saturated heterocycles. The van der Waals surface area contributed by atoms with Crippen LogP contribution in [-0.2, 0) is 0 Å². The van der Waals surface area contributed by atoms with Crippen molar-refractivity contribution in [2.75, 3.05) is 0 Å². The van der Waals surface area contributed by atoms with Gasteiger partial charge in [0, 0.05) is 6.20 Å². The molecule has 0 amide bonds. The summed E-state index contributed by atoms with van der Waals surface area (Å²) in [7, 11) is 0. The quantitative estimate of drug-likeness (QED) is 0.888. The molecule has 0 atom stereocenters. The number of pyridine rings is 1. The van der Waals surface area contributed by atoms with E-state index in [1.165, 1.54) is 0 Å². The van der Waals surface area contributed by atoms with E-state index in [0.29, 0.717) is 0 Å². The van der Waals surface area contributed by atoms with Crippen LogP contribution in [0, 0.1) is 5.82 Å². The zero-order valence-electron chi connectivity index (χ0n) is 9.08. The van der Waals surface area contributed by atoms with Gasteiger partial charge in [0.1, 0.15) is 0 Å². The minimum atomic E-state index is -3.29. The van der Waals surface area contributed by atoms with Gasteiger partial charge in [-0.1, -0.05) is 0 Å². The standard InChI is InChI=1S/C11H6F3NO4/c12-6-2-1-4-7(9(6)19-11(13)14)15-3-5(8(4)16)10(17)18/h1-3,11H,(H,15,16)(H,17,18)/p-1. The summed E-state index contributed by atoms with van der Waals surface area (Å²) in [6, 6.07) is 1.70. The lowest BCUT2D eigenvalue weighted by atomic mass is 10.1. The highest BCUT2D eigenvalue weighted by Crippen LogP contribution is 2.27. The van der Waals surface area contributed by atoms with Crippen LogP contribution in [0.15, 0.2) is 23.1 Å². The second-order valence-corrected chi connectivity index (χ2v) is 3.50. The van der Waals surface area contributed by atoms with Gasteiger partial charge in [0.05, 0.1) is 22.4 Å². The van der Waals surface area contributed by atoms with Gasteiger partial charge in [0.25, 0.3) is 0 Å². The van der Waals surface area contributed by atoms with Crippen molar-refractivity contribution in [2.45, 2.75) is 6.61 Å². The lowest BCUT2D eigenvalue weighted by molar-refractivity contribution is -0.255. The van der Waals surface area contributed by atoms with Gasteiger partial charge in [-0.25, -0.2) is 4.39 Å². The molecule has 0 spiro atoms. The number of ether oxygens (including phenoxy) is 1. The average Bonchev–Trinajstić information content (AvgIpc) is 2.32. The number of fused-ring (bicyclic) bond motifs is 1. The van der Waals surface area contributed by atoms with E-state index in [2.05, 4.69) is 9.72 Å². The fraction of sp³-hybridized carbons (Fsp3) is 0.0909. The van der Waals surface area contributed by atoms with Crippen LogP contribution in [0.4, 0.5) is 13.2 Å². The highest BCUT2D eigenvalue weighted by molar-refractivity contribution is 5.92. The minimum absolute atomic E-state index is 0.293. The van der Waals surface area contributed by atoms with E-state index in [9.17, 15) is 27.9 Å². The van der Waals surface area contributed by atoms with E-state index in [1.807, 2.05) is 0 Å². The van der Waals surface area contributed by atoms with Gasteiger partial charge in [0.15, 0.2) is 17.0 Å². The molecular formula is C11H5F3NO4-. The van der Waals surface area contributed by atoms with Gasteiger partial charge in [0.2, 0.25) is 0 Å². The first-order valence-electron chi connectivity index (χ1n) is 4.92. The summed E-state index contributed by atoms with van der Waals surface area (Å²) in [5, 5.41) is 10.3. The smallest absolute Gasteiger partial charge is 0.387 e. The number of aromatic nitrogens is 1. The number of carboxylic acids is 1. The molecule has 2 aromatic rings. The van der Waals surface area contributed by atoms with Crippen LogP contribution in [0.25, 0.3) is 10.9 Å². The van der Waals surface area contributed by atoms with Crippen molar-refractivity contribution in [3.63, 3.8) is 0 Å². The Morgan fingerprint density at radius 3 is 2.63 bits per heavy atom. The zero-order chi connectivity index (χ0) is 14.2. The first-order valence-corrected chi connectivity index (χ1v) is 4.92. The Kier molecular flexibility index (Phi) is 3.16. The number of hydrogen-bond donors (Lipinski definition) is 1. The third-order valence-corrected chi connectivity index (χ3v) is 2.39. The first-order chi connectivity index (χ1) is 8.91. The third-order valence-electron chi connectivity index (χ3n) is 2.39. The van der Waals surface area contributed by atoms with Crippen LogP contribution in [0.3, 0.4) is 0 Å². The lowest BCUT2D eigenvalue weighted by Gasteiger charge is -2.10. The van der Waals surface area contributed by atoms with E-state index in [1.54, 1.807) is 0 Å². The number of benzene rings is 1. The maximum atomic E-state index is 13.4. The Morgan fingerprint density at radius 1 is 1.37 bits per heavy atom. The molecule has 0 bridgehead atoms. The van der Waals surface area contributed by atoms with E-state index < -0.39 is 35.1 Å². The predicted octanol–water partition coefficient (Wildman–Crippen LogP) is 0.632. The van der Waals surface area contributed by atoms with Crippen LogP contribution in [0.5, 0.6) is 5.75 Å². The highest BCUT2D eigenvalue weighted by Gasteiger charge is 2.17. The Labute approximate surface area is 103 Å². The first kappa shape index (κ1) is 12.9. The molecular weight excluding hydrogens is 267 g/mol. The van der Waals surface area contributed by atoms with Gasteiger partial charge in [-0.3, -0.25) is 4.79 Å². The summed E-state index contributed by atoms with van der Waals surface area (Å²) < 4.78 is 41.6. The molecule has 0 aliphatic rings. The van der Waals surface area contributed by atoms with E-state index in [0.717, 1.165) is 18.3 Å². The van der Waals surface area contributed by atoms with Crippen molar-refractivity contribution < 1.29 is 27.8 Å². The molecule has 0 radical (unpaired) electrons. The van der Waals surface area contributed by atoms with Gasteiger partial charge in [-0.2, -0.15) is 8.78 Å². The molecule has 0 fully saturated rings. The number of hydrogen-bond acceptors (Lipinski definition) is 4. The van der Waals surface area contributed by atoms with Crippen molar-refractivity contribution in [1.82, 2.24) is 4.98 Å². The molecule has 8 heteroatoms. The fourth-order valence-electron chi connectivity index (χ4n) is 1.60. The normalized spacial score (nSPS) is 10.9. The monoisotopic (exact) mass is 272 g/mol. The number of nitrogens with one attached hydrogen (secondary N) is 1. The zero-order valence-corrected chi connectivity index (χ0v) is 9.08. The van der Waals surface area contributed by atoms with Crippen molar-refractivity contribution in [3.05, 3.63) is 39.9 Å². The van der Waals surface area contributed by atoms with Crippen LogP contribution < -0.4 is 15.3 Å². The average molecular weight is 272 g/mol. The predicted molar refractivity (Wildman–Crippen MR) is 55.5 cm³/mol. The molecule has 1 aromatic carbocycles. The maximum absolute atomic E-state index is 13.4. The van der Waals surface area contributed by atoms with Crippen molar-refractivity contribution in [2.24, 2.45) is 0 Å². The number of H-pyrrole nitrogens is 1. The minimum Gasteiger partial charge on any atom is -0.545 e. The Balaban J connectivity index is 2.78. The number of rotatable bonds is 3. The molecule has 19 heavy (non-hydrogen) atoms. The summed E-state index contributed by atoms with van der Waals surface area (Å²) in [6.07, 6.45) is 0.734. The van der Waals surface area contributed by atoms with Crippen LogP contribution in [-0.4, -0.2) is 17.6 Å². The second-order valence-electron chi connectivity index (χ2n) is 3.50. The van der Waals surface area contributed by atoms with Gasteiger partial charge < -0.3 is 19.6 Å². The molecule has 0 aliphatic heterocycles. The molecule has 0 saturated carbocycles. The Hall–Kier alpha value is -2.51. The van der Waals surface area contributed by atoms with E-state index >= 15 is 0 Å². The number of carboxylic acid groups (broad SMARTS) is 1. The highest BCUT2D eigenvalue weighted by atomic mass is 19.3. The molecule has 1 heterocycles. The van der Waals surface area contributed by atoms with Gasteiger partial charge in [-0.15, -0.1) is 0 Å². The molecule has 5 nitrogen and oxygen atoms in total. The number of aromatic carboxylic acids is 1. The molecule has 0 aliphatic carbocycles. The molecule has 1 aromatic heterocycles. The third kappa shape index (κ3) is 2.24. The topological polar surface area (TPSA) is 82.2 Å². The summed E-state index contributed by atoms with van der Waals surface area (Å²) >= 11 is 0. The summed E-state index contributed by atoms with van der Waals surface area (Å²) in [6.45, 7) is -3.29. The van der Waals surface area contributed by atoms with Crippen molar-refractivity contribution >= 4 is 16.9 Å². The molecule has 0 unspecified atom stereocenters. The van der Waals surface area contributed by atoms with Crippen LogP contribution in [0.2, 0.25) is 0 Å².